The molecule has 0 bridgehead atoms. The largest absolute Gasteiger partial charge is 0.376 e. The summed E-state index contributed by atoms with van der Waals surface area (Å²) < 4.78 is 29.4. The number of hydrogen-bond donors (Lipinski definition) is 1. The lowest BCUT2D eigenvalue weighted by atomic mass is 10.1. The van der Waals surface area contributed by atoms with Crippen molar-refractivity contribution in [3.05, 3.63) is 0 Å². The number of guanidine groups is 1. The van der Waals surface area contributed by atoms with Crippen molar-refractivity contribution in [3.63, 3.8) is 0 Å². The predicted octanol–water partition coefficient (Wildman–Crippen LogP) is 0.716. The molecule has 0 radical (unpaired) electrons. The smallest absolute Gasteiger partial charge is 0.243 e. The quantitative estimate of drug-likeness (QED) is 0.337. The highest BCUT2D eigenvalue weighted by Gasteiger charge is 2.41. The van der Waals surface area contributed by atoms with Crippen LogP contribution in [0.4, 0.5) is 0 Å². The van der Waals surface area contributed by atoms with Crippen LogP contribution in [0.2, 0.25) is 0 Å². The molecule has 27 heavy (non-hydrogen) atoms. The van der Waals surface area contributed by atoms with Gasteiger partial charge in [0.05, 0.1) is 16.6 Å². The summed E-state index contributed by atoms with van der Waals surface area (Å²) in [5.41, 5.74) is 0. The van der Waals surface area contributed by atoms with E-state index in [4.69, 9.17) is 4.74 Å². The Morgan fingerprint density at radius 2 is 2.04 bits per heavy atom. The second kappa shape index (κ2) is 10.2. The number of likely N-dealkylation sites (N-methyl/N-ethyl adjacent to an activating group) is 1. The molecule has 10 heteroatoms. The van der Waals surface area contributed by atoms with E-state index in [2.05, 4.69) is 10.3 Å². The maximum Gasteiger partial charge on any atom is 0.243 e. The van der Waals surface area contributed by atoms with Gasteiger partial charge in [-0.15, -0.1) is 24.0 Å². The number of nitrogens with zero attached hydrogens (tertiary/aromatic N) is 3. The van der Waals surface area contributed by atoms with E-state index in [1.165, 1.54) is 4.90 Å². The number of carbonyl (C=O) groups excluding carboxylic acids is 1. The molecule has 2 aliphatic rings. The van der Waals surface area contributed by atoms with Crippen LogP contribution in [0.15, 0.2) is 4.99 Å². The summed E-state index contributed by atoms with van der Waals surface area (Å²) in [7, 11) is 0.252. The molecule has 8 nitrogen and oxygen atoms in total. The van der Waals surface area contributed by atoms with Gasteiger partial charge in [-0.2, -0.15) is 0 Å². The Bertz CT molecular complexity index is 631. The minimum absolute atomic E-state index is 0. The molecule has 1 N–H and O–H groups in total. The average Bonchev–Trinajstić information content (AvgIpc) is 2.58. The van der Waals surface area contributed by atoms with E-state index in [-0.39, 0.29) is 48.3 Å². The molecule has 158 valence electrons. The van der Waals surface area contributed by atoms with Crippen LogP contribution in [-0.2, 0) is 19.4 Å². The molecule has 1 atom stereocenters. The zero-order chi connectivity index (χ0) is 19.4. The first-order valence-electron chi connectivity index (χ1n) is 9.20. The average molecular weight is 516 g/mol. The number of nitrogens with one attached hydrogen (secondary N) is 1. The van der Waals surface area contributed by atoms with Crippen LogP contribution < -0.4 is 5.32 Å². The van der Waals surface area contributed by atoms with Crippen LogP contribution in [0.25, 0.3) is 0 Å². The molecule has 1 unspecified atom stereocenters. The molecular weight excluding hydrogens is 483 g/mol. The minimum Gasteiger partial charge on any atom is -0.376 e. The minimum atomic E-state index is -3.13. The molecular formula is C17H33IN4O4S. The summed E-state index contributed by atoms with van der Waals surface area (Å²) in [5.74, 6) is 0.571. The van der Waals surface area contributed by atoms with Crippen LogP contribution in [-0.4, -0.2) is 93.6 Å². The van der Waals surface area contributed by atoms with Crippen molar-refractivity contribution in [3.8, 4) is 0 Å². The lowest BCUT2D eigenvalue weighted by Gasteiger charge is -2.39. The van der Waals surface area contributed by atoms with Gasteiger partial charge in [-0.1, -0.05) is 0 Å². The van der Waals surface area contributed by atoms with E-state index in [9.17, 15) is 13.2 Å². The Balaban J connectivity index is 0.00000364. The highest BCUT2D eigenvalue weighted by Crippen LogP contribution is 2.23. The SMILES string of the molecule is CN(C)C(=O)CN=C(NCC1CCCCO1)N1CCS(=O)(=O)C(C)(C)C1.I. The van der Waals surface area contributed by atoms with E-state index in [1.807, 2.05) is 4.90 Å². The first-order chi connectivity index (χ1) is 12.1. The lowest BCUT2D eigenvalue weighted by molar-refractivity contribution is -0.127. The van der Waals surface area contributed by atoms with Crippen molar-refractivity contribution >= 4 is 45.7 Å². The van der Waals surface area contributed by atoms with Gasteiger partial charge in [-0.25, -0.2) is 13.4 Å². The second-order valence-corrected chi connectivity index (χ2v) is 10.5. The molecule has 2 heterocycles. The van der Waals surface area contributed by atoms with Crippen LogP contribution in [0.3, 0.4) is 0 Å². The zero-order valence-electron chi connectivity index (χ0n) is 16.7. The number of rotatable bonds is 4. The third-order valence-electron chi connectivity index (χ3n) is 4.97. The summed E-state index contributed by atoms with van der Waals surface area (Å²) in [5, 5.41) is 3.30. The fourth-order valence-electron chi connectivity index (χ4n) is 3.05. The molecule has 0 saturated carbocycles. The molecule has 2 aliphatic heterocycles. The van der Waals surface area contributed by atoms with Gasteiger partial charge in [0.15, 0.2) is 15.8 Å². The molecule has 2 saturated heterocycles. The molecule has 0 aromatic rings. The van der Waals surface area contributed by atoms with Crippen LogP contribution in [0.1, 0.15) is 33.1 Å². The van der Waals surface area contributed by atoms with Gasteiger partial charge in [0, 0.05) is 40.3 Å². The van der Waals surface area contributed by atoms with E-state index in [1.54, 1.807) is 27.9 Å². The van der Waals surface area contributed by atoms with Crippen LogP contribution >= 0.6 is 24.0 Å². The lowest BCUT2D eigenvalue weighted by Crippen LogP contribution is -2.58. The summed E-state index contributed by atoms with van der Waals surface area (Å²) >= 11 is 0. The zero-order valence-corrected chi connectivity index (χ0v) is 19.9. The first-order valence-corrected chi connectivity index (χ1v) is 10.8. The van der Waals surface area contributed by atoms with Crippen LogP contribution in [0, 0.1) is 0 Å². The van der Waals surface area contributed by atoms with Gasteiger partial charge in [-0.05, 0) is 33.1 Å². The molecule has 1 amide bonds. The Kier molecular flexibility index (Phi) is 9.26. The highest BCUT2D eigenvalue weighted by molar-refractivity contribution is 14.0. The summed E-state index contributed by atoms with van der Waals surface area (Å²) in [6, 6.07) is 0. The number of hydrogen-bond acceptors (Lipinski definition) is 5. The standard InChI is InChI=1S/C17H32N4O4S.HI/c1-17(2)13-21(8-10-26(17,23)24)16(19-12-15(22)20(3)4)18-11-14-7-5-6-9-25-14;/h14H,5-13H2,1-4H3,(H,18,19);1H. The Hall–Kier alpha value is -0.620. The third-order valence-corrected chi connectivity index (χ3v) is 7.50. The van der Waals surface area contributed by atoms with Gasteiger partial charge in [0.25, 0.3) is 0 Å². The summed E-state index contributed by atoms with van der Waals surface area (Å²) in [6.07, 6.45) is 3.36. The molecule has 0 spiro atoms. The van der Waals surface area contributed by atoms with Gasteiger partial charge in [0.1, 0.15) is 6.54 Å². The fourth-order valence-corrected chi connectivity index (χ4v) is 4.42. The maximum absolute atomic E-state index is 12.3. The number of carbonyl (C=O) groups is 1. The van der Waals surface area contributed by atoms with Gasteiger partial charge >= 0.3 is 0 Å². The van der Waals surface area contributed by atoms with Gasteiger partial charge in [0.2, 0.25) is 5.91 Å². The Morgan fingerprint density at radius 3 is 2.59 bits per heavy atom. The summed E-state index contributed by atoms with van der Waals surface area (Å²) in [6.45, 7) is 5.61. The fraction of sp³-hybridized carbons (Fsp3) is 0.882. The van der Waals surface area contributed by atoms with E-state index in [0.717, 1.165) is 25.9 Å². The number of sulfone groups is 1. The predicted molar refractivity (Wildman–Crippen MR) is 117 cm³/mol. The molecule has 2 fully saturated rings. The summed E-state index contributed by atoms with van der Waals surface area (Å²) in [4.78, 5) is 19.8. The molecule has 0 aliphatic carbocycles. The number of halogens is 1. The van der Waals surface area contributed by atoms with E-state index < -0.39 is 14.6 Å². The first kappa shape index (κ1) is 24.4. The number of ether oxygens (including phenoxy) is 1. The second-order valence-electron chi connectivity index (χ2n) is 7.80. The molecule has 2 rings (SSSR count). The number of aliphatic imine (C=N–C) groups is 1. The normalized spacial score (nSPS) is 24.7. The van der Waals surface area contributed by atoms with E-state index >= 15 is 0 Å². The van der Waals surface area contributed by atoms with E-state index in [0.29, 0.717) is 25.6 Å². The van der Waals surface area contributed by atoms with Crippen molar-refractivity contribution in [1.29, 1.82) is 0 Å². The maximum atomic E-state index is 12.3. The molecule has 0 aromatic carbocycles. The van der Waals surface area contributed by atoms with Crippen LogP contribution in [0.5, 0.6) is 0 Å². The number of amides is 1. The highest BCUT2D eigenvalue weighted by atomic mass is 127. The van der Waals surface area contributed by atoms with Crippen molar-refractivity contribution in [2.24, 2.45) is 4.99 Å². The Morgan fingerprint density at radius 1 is 1.33 bits per heavy atom. The Labute approximate surface area is 180 Å². The van der Waals surface area contributed by atoms with Crippen molar-refractivity contribution in [1.82, 2.24) is 15.1 Å². The van der Waals surface area contributed by atoms with Crippen molar-refractivity contribution < 1.29 is 17.9 Å². The third kappa shape index (κ3) is 6.74. The van der Waals surface area contributed by atoms with Crippen molar-refractivity contribution in [2.45, 2.75) is 44.0 Å². The van der Waals surface area contributed by atoms with Gasteiger partial charge in [-0.3, -0.25) is 4.79 Å². The van der Waals surface area contributed by atoms with Crippen molar-refractivity contribution in [2.75, 3.05) is 52.6 Å². The van der Waals surface area contributed by atoms with Gasteiger partial charge < -0.3 is 19.9 Å². The molecule has 0 aromatic heterocycles. The monoisotopic (exact) mass is 516 g/mol. The topological polar surface area (TPSA) is 91.3 Å².